The molecule has 0 fully saturated rings. The molecule has 2 aromatic heterocycles. The summed E-state index contributed by atoms with van der Waals surface area (Å²) < 4.78 is 53.8. The van der Waals surface area contributed by atoms with Crippen molar-refractivity contribution in [2.24, 2.45) is 7.05 Å². The number of thioether (sulfide) groups is 1. The van der Waals surface area contributed by atoms with Gasteiger partial charge in [-0.25, -0.2) is 9.97 Å². The molecule has 0 saturated carbocycles. The van der Waals surface area contributed by atoms with Crippen LogP contribution in [0.25, 0.3) is 22.6 Å². The van der Waals surface area contributed by atoms with Crippen LogP contribution in [-0.2, 0) is 13.2 Å². The van der Waals surface area contributed by atoms with E-state index in [0.717, 1.165) is 22.8 Å². The highest BCUT2D eigenvalue weighted by Crippen LogP contribution is 2.34. The zero-order valence-electron chi connectivity index (χ0n) is 12.9. The number of benzene rings is 1. The Morgan fingerprint density at radius 3 is 2.54 bits per heavy atom. The first-order valence-corrected chi connectivity index (χ1v) is 8.13. The zero-order chi connectivity index (χ0) is 17.5. The van der Waals surface area contributed by atoms with Crippen molar-refractivity contribution < 1.29 is 17.6 Å². The average molecular weight is 355 g/mol. The minimum atomic E-state index is -4.44. The Bertz CT molecular complexity index is 902. The number of fused-ring (bicyclic) bond motifs is 1. The molecule has 0 atom stereocenters. The lowest BCUT2D eigenvalue weighted by molar-refractivity contribution is -0.137. The number of nitrogens with zero attached hydrogens (tertiary/aromatic N) is 3. The fraction of sp³-hybridized carbons (Fsp3) is 0.250. The second-order valence-electron chi connectivity index (χ2n) is 5.11. The largest absolute Gasteiger partial charge is 0.416 e. The molecule has 3 rings (SSSR count). The summed E-state index contributed by atoms with van der Waals surface area (Å²) in [6.07, 6.45) is -4.44. The van der Waals surface area contributed by atoms with Crippen molar-refractivity contribution in [2.75, 3.05) is 5.75 Å². The monoisotopic (exact) mass is 355 g/mol. The minimum Gasteiger partial charge on any atom is -0.326 e. The van der Waals surface area contributed by atoms with Gasteiger partial charge in [0.2, 0.25) is 5.95 Å². The third-order valence-electron chi connectivity index (χ3n) is 3.54. The first-order chi connectivity index (χ1) is 11.3. The van der Waals surface area contributed by atoms with E-state index < -0.39 is 17.7 Å². The van der Waals surface area contributed by atoms with E-state index in [2.05, 4.69) is 9.97 Å². The SMILES string of the molecule is CCSc1ccc(F)nc1-c1nc2cc(C(F)(F)F)ccc2n1C. The Kier molecular flexibility index (Phi) is 4.25. The number of pyridine rings is 1. The van der Waals surface area contributed by atoms with E-state index in [0.29, 0.717) is 17.0 Å². The van der Waals surface area contributed by atoms with Gasteiger partial charge in [0.25, 0.3) is 0 Å². The van der Waals surface area contributed by atoms with Crippen molar-refractivity contribution in [1.29, 1.82) is 0 Å². The molecule has 0 unspecified atom stereocenters. The Hall–Kier alpha value is -2.09. The standard InChI is InChI=1S/C16H13F4N3S/c1-3-24-12-6-7-13(17)22-14(12)15-21-10-8-9(16(18,19)20)4-5-11(10)23(15)2/h4-8H,3H2,1-2H3. The number of rotatable bonds is 3. The summed E-state index contributed by atoms with van der Waals surface area (Å²) in [6.45, 7) is 1.95. The van der Waals surface area contributed by atoms with Crippen LogP contribution in [0.15, 0.2) is 35.2 Å². The third-order valence-corrected chi connectivity index (χ3v) is 4.47. The molecule has 2 heterocycles. The fourth-order valence-electron chi connectivity index (χ4n) is 2.44. The molecule has 3 nitrogen and oxygen atoms in total. The number of aromatic nitrogens is 3. The van der Waals surface area contributed by atoms with E-state index in [-0.39, 0.29) is 5.52 Å². The van der Waals surface area contributed by atoms with Crippen molar-refractivity contribution >= 4 is 22.8 Å². The number of hydrogen-bond acceptors (Lipinski definition) is 3. The van der Waals surface area contributed by atoms with E-state index in [1.165, 1.54) is 23.9 Å². The summed E-state index contributed by atoms with van der Waals surface area (Å²) in [6, 6.07) is 6.22. The molecule has 126 valence electrons. The molecule has 0 bridgehead atoms. The van der Waals surface area contributed by atoms with Gasteiger partial charge in [0.05, 0.1) is 16.6 Å². The average Bonchev–Trinajstić information content (AvgIpc) is 2.85. The van der Waals surface area contributed by atoms with Gasteiger partial charge in [0.15, 0.2) is 5.82 Å². The van der Waals surface area contributed by atoms with E-state index in [1.54, 1.807) is 17.7 Å². The number of aryl methyl sites for hydroxylation is 1. The summed E-state index contributed by atoms with van der Waals surface area (Å²) in [5.41, 5.74) is 0.279. The van der Waals surface area contributed by atoms with Crippen LogP contribution in [0.1, 0.15) is 12.5 Å². The maximum Gasteiger partial charge on any atom is 0.416 e. The Morgan fingerprint density at radius 1 is 1.12 bits per heavy atom. The molecule has 0 radical (unpaired) electrons. The van der Waals surface area contributed by atoms with Gasteiger partial charge in [0.1, 0.15) is 5.69 Å². The van der Waals surface area contributed by atoms with Crippen LogP contribution in [0.5, 0.6) is 0 Å². The molecule has 0 N–H and O–H groups in total. The van der Waals surface area contributed by atoms with Gasteiger partial charge in [-0.3, -0.25) is 0 Å². The van der Waals surface area contributed by atoms with Gasteiger partial charge in [-0.05, 0) is 36.1 Å². The van der Waals surface area contributed by atoms with Crippen LogP contribution in [-0.4, -0.2) is 20.3 Å². The van der Waals surface area contributed by atoms with Gasteiger partial charge in [0, 0.05) is 11.9 Å². The van der Waals surface area contributed by atoms with Crippen LogP contribution in [0, 0.1) is 5.95 Å². The first kappa shape index (κ1) is 16.8. The molecular weight excluding hydrogens is 342 g/mol. The van der Waals surface area contributed by atoms with Crippen molar-refractivity contribution in [2.45, 2.75) is 18.0 Å². The normalized spacial score (nSPS) is 12.1. The lowest BCUT2D eigenvalue weighted by Gasteiger charge is -2.08. The smallest absolute Gasteiger partial charge is 0.326 e. The van der Waals surface area contributed by atoms with Gasteiger partial charge in [-0.15, -0.1) is 11.8 Å². The maximum absolute atomic E-state index is 13.6. The predicted molar refractivity (Wildman–Crippen MR) is 85.3 cm³/mol. The summed E-state index contributed by atoms with van der Waals surface area (Å²) in [7, 11) is 1.67. The van der Waals surface area contributed by atoms with Crippen molar-refractivity contribution in [3.05, 3.63) is 41.8 Å². The zero-order valence-corrected chi connectivity index (χ0v) is 13.7. The summed E-state index contributed by atoms with van der Waals surface area (Å²) in [4.78, 5) is 8.89. The van der Waals surface area contributed by atoms with E-state index >= 15 is 0 Å². The summed E-state index contributed by atoms with van der Waals surface area (Å²) in [5.74, 6) is 0.427. The van der Waals surface area contributed by atoms with Gasteiger partial charge in [-0.1, -0.05) is 6.92 Å². The Balaban J connectivity index is 2.21. The second kappa shape index (κ2) is 6.08. The topological polar surface area (TPSA) is 30.7 Å². The quantitative estimate of drug-likeness (QED) is 0.380. The molecule has 0 aliphatic heterocycles. The number of halogens is 4. The van der Waals surface area contributed by atoms with E-state index in [9.17, 15) is 17.6 Å². The highest BCUT2D eigenvalue weighted by molar-refractivity contribution is 7.99. The Labute approximate surface area is 139 Å². The molecule has 0 aliphatic rings. The molecule has 1 aromatic carbocycles. The molecule has 0 saturated heterocycles. The summed E-state index contributed by atoms with van der Waals surface area (Å²) >= 11 is 1.47. The molecule has 8 heteroatoms. The predicted octanol–water partition coefficient (Wildman–Crippen LogP) is 4.91. The highest BCUT2D eigenvalue weighted by Gasteiger charge is 2.31. The molecule has 0 spiro atoms. The van der Waals surface area contributed by atoms with Gasteiger partial charge in [-0.2, -0.15) is 17.6 Å². The molecule has 0 aliphatic carbocycles. The summed E-state index contributed by atoms with van der Waals surface area (Å²) in [5, 5.41) is 0. The lowest BCUT2D eigenvalue weighted by Crippen LogP contribution is -2.04. The van der Waals surface area contributed by atoms with E-state index in [4.69, 9.17) is 0 Å². The van der Waals surface area contributed by atoms with E-state index in [1.807, 2.05) is 6.92 Å². The first-order valence-electron chi connectivity index (χ1n) is 7.14. The van der Waals surface area contributed by atoms with Crippen molar-refractivity contribution in [3.8, 4) is 11.5 Å². The maximum atomic E-state index is 13.6. The fourth-order valence-corrected chi connectivity index (χ4v) is 3.19. The number of hydrogen-bond donors (Lipinski definition) is 0. The number of imidazole rings is 1. The lowest BCUT2D eigenvalue weighted by atomic mass is 10.2. The third kappa shape index (κ3) is 2.98. The molecular formula is C16H13F4N3S. The Morgan fingerprint density at radius 2 is 1.88 bits per heavy atom. The highest BCUT2D eigenvalue weighted by atomic mass is 32.2. The number of alkyl halides is 3. The van der Waals surface area contributed by atoms with Gasteiger partial charge < -0.3 is 4.57 Å². The van der Waals surface area contributed by atoms with Crippen LogP contribution < -0.4 is 0 Å². The molecule has 24 heavy (non-hydrogen) atoms. The molecule has 3 aromatic rings. The van der Waals surface area contributed by atoms with Crippen LogP contribution >= 0.6 is 11.8 Å². The van der Waals surface area contributed by atoms with Crippen molar-refractivity contribution in [1.82, 2.24) is 14.5 Å². The molecule has 0 amide bonds. The second-order valence-corrected chi connectivity index (χ2v) is 6.42. The van der Waals surface area contributed by atoms with Gasteiger partial charge >= 0.3 is 6.18 Å². The van der Waals surface area contributed by atoms with Crippen molar-refractivity contribution in [3.63, 3.8) is 0 Å². The van der Waals surface area contributed by atoms with Crippen LogP contribution in [0.2, 0.25) is 0 Å². The van der Waals surface area contributed by atoms with Crippen LogP contribution in [0.3, 0.4) is 0 Å². The van der Waals surface area contributed by atoms with Crippen LogP contribution in [0.4, 0.5) is 17.6 Å². The minimum absolute atomic E-state index is 0.195.